The quantitative estimate of drug-likeness (QED) is 0.0922. The number of hydrogen-bond donors (Lipinski definition) is 4. The second kappa shape index (κ2) is 17.9. The molecular weight excluding hydrogens is 691 g/mol. The van der Waals surface area contributed by atoms with Crippen LogP contribution in [0.25, 0.3) is 0 Å². The summed E-state index contributed by atoms with van der Waals surface area (Å²) in [5, 5.41) is 21.7. The number of unbranched alkanes of at least 4 members (excludes halogenated alkanes) is 2. The molecule has 3 unspecified atom stereocenters. The standard InChI is InChI=1S/C38H49N3O8S2/c1-5-7-19-38(20-8-6-2)24-41(28-17-13-10-14-18-28)30-22-32(50-4)31(23-33(30)51(47,48)25-38)49-40-34(43)21-29(27-15-11-9-12-16-27)36(44)39-35(26(3)42)37(45)46/h9-18,22-23,26,29,35,42H,5-8,19-21,24-25H2,1-4H3,(H,39,44)(H,40,43)(H,45,46). The van der Waals surface area contributed by atoms with Gasteiger partial charge in [0.05, 0.1) is 33.3 Å². The Morgan fingerprint density at radius 1 is 0.980 bits per heavy atom. The smallest absolute Gasteiger partial charge is 0.328 e. The van der Waals surface area contributed by atoms with Crippen molar-refractivity contribution >= 4 is 50.8 Å². The SMILES string of the molecule is CCCCC1(CCCC)CN(c2ccccc2)c2cc(SC)c(ONC(=O)CC(C(=O)NC(C(=O)O)C(C)O)c3ccccc3)cc2S(=O)(=O)C1. The van der Waals surface area contributed by atoms with Gasteiger partial charge in [0.25, 0.3) is 5.91 Å². The number of carboxylic acids is 1. The van der Waals surface area contributed by atoms with Crippen LogP contribution in [0, 0.1) is 5.41 Å². The Morgan fingerprint density at radius 2 is 1.59 bits per heavy atom. The molecule has 1 aliphatic rings. The molecule has 3 atom stereocenters. The minimum atomic E-state index is -3.83. The van der Waals surface area contributed by atoms with E-state index >= 15 is 0 Å². The van der Waals surface area contributed by atoms with Gasteiger partial charge in [-0.05, 0) is 49.8 Å². The largest absolute Gasteiger partial charge is 0.480 e. The Hall–Kier alpha value is -4.07. The lowest BCUT2D eigenvalue weighted by molar-refractivity contribution is -0.145. The summed E-state index contributed by atoms with van der Waals surface area (Å²) >= 11 is 1.34. The van der Waals surface area contributed by atoms with Crippen molar-refractivity contribution in [3.63, 3.8) is 0 Å². The summed E-state index contributed by atoms with van der Waals surface area (Å²) in [5.41, 5.74) is 3.79. The molecule has 0 radical (unpaired) electrons. The molecule has 0 spiro atoms. The van der Waals surface area contributed by atoms with Gasteiger partial charge in [0.15, 0.2) is 21.6 Å². The van der Waals surface area contributed by atoms with Gasteiger partial charge >= 0.3 is 5.97 Å². The maximum absolute atomic E-state index is 14.4. The molecular formula is C38H49N3O8S2. The Labute approximate surface area is 305 Å². The van der Waals surface area contributed by atoms with Gasteiger partial charge < -0.3 is 25.3 Å². The van der Waals surface area contributed by atoms with Crippen LogP contribution in [-0.4, -0.2) is 67.1 Å². The first kappa shape index (κ1) is 39.7. The first-order valence-corrected chi connectivity index (χ1v) is 20.2. The highest BCUT2D eigenvalue weighted by Crippen LogP contribution is 2.47. The number of aliphatic hydroxyl groups excluding tert-OH is 1. The third-order valence-corrected chi connectivity index (χ3v) is 12.0. The number of fused-ring (bicyclic) bond motifs is 1. The van der Waals surface area contributed by atoms with E-state index in [-0.39, 0.29) is 16.4 Å². The summed E-state index contributed by atoms with van der Waals surface area (Å²) in [6.45, 7) is 6.01. The van der Waals surface area contributed by atoms with Crippen molar-refractivity contribution in [3.8, 4) is 5.75 Å². The molecule has 1 heterocycles. The molecule has 0 bridgehead atoms. The van der Waals surface area contributed by atoms with Gasteiger partial charge in [0.1, 0.15) is 0 Å². The van der Waals surface area contributed by atoms with Gasteiger partial charge in [-0.15, -0.1) is 11.8 Å². The van der Waals surface area contributed by atoms with Crippen LogP contribution < -0.4 is 20.5 Å². The molecule has 0 aromatic heterocycles. The fourth-order valence-electron chi connectivity index (χ4n) is 6.58. The van der Waals surface area contributed by atoms with E-state index in [9.17, 15) is 33.0 Å². The van der Waals surface area contributed by atoms with E-state index in [0.717, 1.165) is 44.2 Å². The zero-order valence-corrected chi connectivity index (χ0v) is 31.3. The number of sulfone groups is 1. The minimum absolute atomic E-state index is 0.0155. The van der Waals surface area contributed by atoms with E-state index in [2.05, 4.69) is 29.5 Å². The molecule has 0 fully saturated rings. The maximum atomic E-state index is 14.4. The number of carbonyl (C=O) groups excluding carboxylic acids is 2. The number of anilines is 2. The van der Waals surface area contributed by atoms with Crippen molar-refractivity contribution < 1.29 is 37.9 Å². The lowest BCUT2D eigenvalue weighted by atomic mass is 9.79. The molecule has 3 aromatic carbocycles. The number of carbonyl (C=O) groups is 3. The average molecular weight is 740 g/mol. The number of aliphatic hydroxyl groups is 1. The number of carboxylic acid groups (broad SMARTS) is 1. The van der Waals surface area contributed by atoms with Gasteiger partial charge in [-0.1, -0.05) is 88.1 Å². The second-order valence-corrected chi connectivity index (χ2v) is 16.0. The van der Waals surface area contributed by atoms with E-state index < -0.39 is 57.5 Å². The van der Waals surface area contributed by atoms with Crippen LogP contribution >= 0.6 is 11.8 Å². The summed E-state index contributed by atoms with van der Waals surface area (Å²) in [5.74, 6) is -3.86. The molecule has 4 N–H and O–H groups in total. The van der Waals surface area contributed by atoms with Crippen molar-refractivity contribution in [2.75, 3.05) is 23.5 Å². The fourth-order valence-corrected chi connectivity index (χ4v) is 9.22. The Bertz CT molecular complexity index is 1750. The van der Waals surface area contributed by atoms with Crippen LogP contribution in [0.2, 0.25) is 0 Å². The van der Waals surface area contributed by atoms with Crippen LogP contribution in [0.5, 0.6) is 5.75 Å². The Morgan fingerprint density at radius 3 is 2.14 bits per heavy atom. The predicted octanol–water partition coefficient (Wildman–Crippen LogP) is 6.23. The first-order valence-electron chi connectivity index (χ1n) is 17.3. The van der Waals surface area contributed by atoms with Gasteiger partial charge in [-0.2, -0.15) is 5.48 Å². The van der Waals surface area contributed by atoms with Gasteiger partial charge in [0, 0.05) is 30.1 Å². The summed E-state index contributed by atoms with van der Waals surface area (Å²) in [4.78, 5) is 46.9. The van der Waals surface area contributed by atoms with Gasteiger partial charge in [-0.25, -0.2) is 13.2 Å². The number of benzene rings is 3. The molecule has 0 saturated heterocycles. The van der Waals surface area contributed by atoms with Gasteiger partial charge in [0.2, 0.25) is 5.91 Å². The molecule has 3 aromatic rings. The van der Waals surface area contributed by atoms with Gasteiger partial charge in [-0.3, -0.25) is 9.59 Å². The Kier molecular flexibility index (Phi) is 14.0. The molecule has 51 heavy (non-hydrogen) atoms. The molecule has 11 nitrogen and oxygen atoms in total. The normalized spacial score (nSPS) is 16.5. The molecule has 0 saturated carbocycles. The predicted molar refractivity (Wildman–Crippen MR) is 199 cm³/mol. The highest BCUT2D eigenvalue weighted by Gasteiger charge is 2.42. The van der Waals surface area contributed by atoms with Crippen molar-refractivity contribution in [3.05, 3.63) is 78.4 Å². The molecule has 1 aliphatic heterocycles. The monoisotopic (exact) mass is 739 g/mol. The number of hydroxylamine groups is 1. The van der Waals surface area contributed by atoms with E-state index in [0.29, 0.717) is 22.7 Å². The van der Waals surface area contributed by atoms with Crippen molar-refractivity contribution in [1.82, 2.24) is 10.8 Å². The van der Waals surface area contributed by atoms with Crippen LogP contribution in [0.1, 0.15) is 77.2 Å². The number of thioether (sulfide) groups is 1. The third-order valence-electron chi connectivity index (χ3n) is 9.28. The number of aliphatic carboxylic acids is 1. The molecule has 13 heteroatoms. The number of amides is 2. The zero-order valence-electron chi connectivity index (χ0n) is 29.6. The zero-order chi connectivity index (χ0) is 37.2. The molecule has 4 rings (SSSR count). The molecule has 276 valence electrons. The summed E-state index contributed by atoms with van der Waals surface area (Å²) in [7, 11) is -3.83. The number of nitrogens with one attached hydrogen (secondary N) is 2. The van der Waals surface area contributed by atoms with Crippen LogP contribution in [0.15, 0.2) is 82.6 Å². The highest BCUT2D eigenvalue weighted by molar-refractivity contribution is 7.98. The maximum Gasteiger partial charge on any atom is 0.328 e. The summed E-state index contributed by atoms with van der Waals surface area (Å²) in [6.07, 6.45) is 5.30. The Balaban J connectivity index is 1.68. The number of hydrogen-bond acceptors (Lipinski definition) is 9. The van der Waals surface area contributed by atoms with Crippen molar-refractivity contribution in [2.45, 2.75) is 93.6 Å². The van der Waals surface area contributed by atoms with E-state index in [1.165, 1.54) is 24.8 Å². The lowest BCUT2D eigenvalue weighted by Gasteiger charge is -2.37. The van der Waals surface area contributed by atoms with Crippen molar-refractivity contribution in [1.29, 1.82) is 0 Å². The van der Waals surface area contributed by atoms with E-state index in [4.69, 9.17) is 4.84 Å². The van der Waals surface area contributed by atoms with Crippen molar-refractivity contribution in [2.24, 2.45) is 5.41 Å². The summed E-state index contributed by atoms with van der Waals surface area (Å²) < 4.78 is 28.8. The molecule has 2 amide bonds. The number of nitrogens with zero attached hydrogens (tertiary/aromatic N) is 1. The lowest BCUT2D eigenvalue weighted by Crippen LogP contribution is -2.49. The minimum Gasteiger partial charge on any atom is -0.480 e. The third kappa shape index (κ3) is 10.0. The highest BCUT2D eigenvalue weighted by atomic mass is 32.2. The number of rotatable bonds is 17. The first-order chi connectivity index (χ1) is 24.3. The van der Waals surface area contributed by atoms with E-state index in [1.54, 1.807) is 36.4 Å². The van der Waals surface area contributed by atoms with Crippen LogP contribution in [0.3, 0.4) is 0 Å². The average Bonchev–Trinajstić information content (AvgIpc) is 3.21. The fraction of sp³-hybridized carbons (Fsp3) is 0.447. The van der Waals surface area contributed by atoms with E-state index in [1.807, 2.05) is 36.6 Å². The van der Waals surface area contributed by atoms with Crippen LogP contribution in [-0.2, 0) is 24.2 Å². The summed E-state index contributed by atoms with van der Waals surface area (Å²) in [6, 6.07) is 19.8. The molecule has 0 aliphatic carbocycles. The topological polar surface area (TPSA) is 162 Å². The van der Waals surface area contributed by atoms with Crippen LogP contribution in [0.4, 0.5) is 11.4 Å². The second-order valence-electron chi connectivity index (χ2n) is 13.2. The number of para-hydroxylation sites is 1.